The standard InChI is InChI=1S/C11H20N4O/c1-9(5-12)3-4-11(16)15(2)8-10-6-13-14-7-10/h6-7,9H,3-5,8,12H2,1-2H3,(H,13,14). The summed E-state index contributed by atoms with van der Waals surface area (Å²) in [5.41, 5.74) is 6.52. The molecule has 0 bridgehead atoms. The van der Waals surface area contributed by atoms with Crippen molar-refractivity contribution in [1.29, 1.82) is 0 Å². The van der Waals surface area contributed by atoms with Crippen LogP contribution in [0.25, 0.3) is 0 Å². The molecule has 0 radical (unpaired) electrons. The number of aromatic amines is 1. The first-order valence-corrected chi connectivity index (χ1v) is 5.55. The van der Waals surface area contributed by atoms with E-state index >= 15 is 0 Å². The van der Waals surface area contributed by atoms with Crippen LogP contribution >= 0.6 is 0 Å². The van der Waals surface area contributed by atoms with Crippen molar-refractivity contribution in [2.24, 2.45) is 11.7 Å². The molecule has 0 fully saturated rings. The second-order valence-corrected chi connectivity index (χ2v) is 4.24. The molecule has 5 heteroatoms. The molecule has 1 unspecified atom stereocenters. The number of aromatic nitrogens is 2. The molecular weight excluding hydrogens is 204 g/mol. The summed E-state index contributed by atoms with van der Waals surface area (Å²) in [5, 5.41) is 6.57. The highest BCUT2D eigenvalue weighted by Crippen LogP contribution is 2.07. The minimum Gasteiger partial charge on any atom is -0.341 e. The molecule has 1 heterocycles. The van der Waals surface area contributed by atoms with E-state index in [0.29, 0.717) is 25.4 Å². The maximum absolute atomic E-state index is 11.7. The molecular formula is C11H20N4O. The van der Waals surface area contributed by atoms with E-state index in [-0.39, 0.29) is 5.91 Å². The van der Waals surface area contributed by atoms with Crippen LogP contribution in [0.3, 0.4) is 0 Å². The van der Waals surface area contributed by atoms with Crippen molar-refractivity contribution < 1.29 is 4.79 Å². The summed E-state index contributed by atoms with van der Waals surface area (Å²) in [7, 11) is 1.81. The van der Waals surface area contributed by atoms with Gasteiger partial charge in [-0.3, -0.25) is 9.89 Å². The molecule has 0 saturated heterocycles. The maximum atomic E-state index is 11.7. The van der Waals surface area contributed by atoms with Crippen LogP contribution in [0.5, 0.6) is 0 Å². The van der Waals surface area contributed by atoms with E-state index < -0.39 is 0 Å². The number of H-pyrrole nitrogens is 1. The van der Waals surface area contributed by atoms with Gasteiger partial charge in [0.15, 0.2) is 0 Å². The molecule has 1 aromatic heterocycles. The smallest absolute Gasteiger partial charge is 0.222 e. The highest BCUT2D eigenvalue weighted by Gasteiger charge is 2.11. The number of nitrogens with zero attached hydrogens (tertiary/aromatic N) is 2. The Hall–Kier alpha value is -1.36. The maximum Gasteiger partial charge on any atom is 0.222 e. The van der Waals surface area contributed by atoms with Crippen LogP contribution in [0.4, 0.5) is 0 Å². The lowest BCUT2D eigenvalue weighted by molar-refractivity contribution is -0.130. The Kier molecular flexibility index (Phi) is 4.98. The van der Waals surface area contributed by atoms with Gasteiger partial charge in [0, 0.05) is 31.8 Å². The molecule has 16 heavy (non-hydrogen) atoms. The number of carbonyl (C=O) groups excluding carboxylic acids is 1. The normalized spacial score (nSPS) is 12.4. The molecule has 1 atom stereocenters. The molecule has 0 aliphatic rings. The van der Waals surface area contributed by atoms with E-state index in [9.17, 15) is 4.79 Å². The number of amides is 1. The van der Waals surface area contributed by atoms with E-state index in [1.54, 1.807) is 17.3 Å². The van der Waals surface area contributed by atoms with Crippen LogP contribution in [0, 0.1) is 5.92 Å². The lowest BCUT2D eigenvalue weighted by atomic mass is 10.1. The number of rotatable bonds is 6. The Balaban J connectivity index is 2.31. The van der Waals surface area contributed by atoms with E-state index in [4.69, 9.17) is 5.73 Å². The first-order valence-electron chi connectivity index (χ1n) is 5.55. The molecule has 0 aliphatic heterocycles. The van der Waals surface area contributed by atoms with Gasteiger partial charge >= 0.3 is 0 Å². The lowest BCUT2D eigenvalue weighted by Gasteiger charge is -2.17. The van der Waals surface area contributed by atoms with Crippen LogP contribution in [-0.2, 0) is 11.3 Å². The van der Waals surface area contributed by atoms with Gasteiger partial charge in [-0.2, -0.15) is 5.10 Å². The Labute approximate surface area is 96.0 Å². The zero-order chi connectivity index (χ0) is 12.0. The zero-order valence-corrected chi connectivity index (χ0v) is 9.94. The van der Waals surface area contributed by atoms with Gasteiger partial charge in [-0.1, -0.05) is 6.92 Å². The quantitative estimate of drug-likeness (QED) is 0.748. The summed E-state index contributed by atoms with van der Waals surface area (Å²) < 4.78 is 0. The monoisotopic (exact) mass is 224 g/mol. The Morgan fingerprint density at radius 1 is 1.69 bits per heavy atom. The van der Waals surface area contributed by atoms with Gasteiger partial charge in [0.05, 0.1) is 6.20 Å². The van der Waals surface area contributed by atoms with Gasteiger partial charge in [0.1, 0.15) is 0 Å². The summed E-state index contributed by atoms with van der Waals surface area (Å²) in [4.78, 5) is 13.5. The van der Waals surface area contributed by atoms with E-state index in [2.05, 4.69) is 17.1 Å². The molecule has 5 nitrogen and oxygen atoms in total. The molecule has 1 amide bonds. The van der Waals surface area contributed by atoms with Crippen LogP contribution in [0.15, 0.2) is 12.4 Å². The molecule has 0 spiro atoms. The minimum atomic E-state index is 0.154. The topological polar surface area (TPSA) is 75.0 Å². The highest BCUT2D eigenvalue weighted by atomic mass is 16.2. The fraction of sp³-hybridized carbons (Fsp3) is 0.636. The van der Waals surface area contributed by atoms with Crippen molar-refractivity contribution in [3.05, 3.63) is 18.0 Å². The highest BCUT2D eigenvalue weighted by molar-refractivity contribution is 5.75. The van der Waals surface area contributed by atoms with Crippen LogP contribution < -0.4 is 5.73 Å². The predicted octanol–water partition coefficient (Wildman–Crippen LogP) is 0.743. The van der Waals surface area contributed by atoms with Gasteiger partial charge in [-0.15, -0.1) is 0 Å². The Morgan fingerprint density at radius 2 is 2.44 bits per heavy atom. The number of hydrogen-bond acceptors (Lipinski definition) is 3. The summed E-state index contributed by atoms with van der Waals surface area (Å²) in [6, 6.07) is 0. The van der Waals surface area contributed by atoms with E-state index in [1.165, 1.54) is 0 Å². The number of nitrogens with one attached hydrogen (secondary N) is 1. The largest absolute Gasteiger partial charge is 0.341 e. The fourth-order valence-electron chi connectivity index (χ4n) is 1.40. The summed E-state index contributed by atoms with van der Waals surface area (Å²) in [6.07, 6.45) is 4.94. The fourth-order valence-corrected chi connectivity index (χ4v) is 1.40. The van der Waals surface area contributed by atoms with Gasteiger partial charge in [-0.05, 0) is 18.9 Å². The average Bonchev–Trinajstić information content (AvgIpc) is 2.77. The minimum absolute atomic E-state index is 0.154. The molecule has 1 aromatic rings. The van der Waals surface area contributed by atoms with Crippen molar-refractivity contribution in [2.45, 2.75) is 26.3 Å². The van der Waals surface area contributed by atoms with Gasteiger partial charge in [0.2, 0.25) is 5.91 Å². The van der Waals surface area contributed by atoms with Gasteiger partial charge < -0.3 is 10.6 Å². The zero-order valence-electron chi connectivity index (χ0n) is 9.94. The summed E-state index contributed by atoms with van der Waals surface area (Å²) in [5.74, 6) is 0.563. The van der Waals surface area contributed by atoms with Crippen LogP contribution in [0.2, 0.25) is 0 Å². The Bertz CT molecular complexity index is 310. The molecule has 0 aliphatic carbocycles. The SMILES string of the molecule is CC(CN)CCC(=O)N(C)Cc1cn[nH]c1. The Morgan fingerprint density at radius 3 is 3.00 bits per heavy atom. The van der Waals surface area contributed by atoms with Gasteiger partial charge in [-0.25, -0.2) is 0 Å². The van der Waals surface area contributed by atoms with E-state index in [1.807, 2.05) is 7.05 Å². The molecule has 90 valence electrons. The third kappa shape index (κ3) is 4.02. The molecule has 1 rings (SSSR count). The van der Waals surface area contributed by atoms with Gasteiger partial charge in [0.25, 0.3) is 0 Å². The lowest BCUT2D eigenvalue weighted by Crippen LogP contribution is -2.26. The first kappa shape index (κ1) is 12.7. The second kappa shape index (κ2) is 6.27. The number of nitrogens with two attached hydrogens (primary N) is 1. The third-order valence-electron chi connectivity index (χ3n) is 2.65. The molecule has 0 aromatic carbocycles. The van der Waals surface area contributed by atoms with Crippen molar-refractivity contribution in [2.75, 3.05) is 13.6 Å². The van der Waals surface area contributed by atoms with Crippen molar-refractivity contribution in [3.8, 4) is 0 Å². The summed E-state index contributed by atoms with van der Waals surface area (Å²) >= 11 is 0. The molecule has 3 N–H and O–H groups in total. The second-order valence-electron chi connectivity index (χ2n) is 4.24. The van der Waals surface area contributed by atoms with Crippen molar-refractivity contribution in [1.82, 2.24) is 15.1 Å². The molecule has 0 saturated carbocycles. The third-order valence-corrected chi connectivity index (χ3v) is 2.65. The predicted molar refractivity (Wildman–Crippen MR) is 62.5 cm³/mol. The summed E-state index contributed by atoms with van der Waals surface area (Å²) in [6.45, 7) is 3.30. The number of carbonyl (C=O) groups is 1. The van der Waals surface area contributed by atoms with Crippen LogP contribution in [-0.4, -0.2) is 34.6 Å². The average molecular weight is 224 g/mol. The van der Waals surface area contributed by atoms with Crippen molar-refractivity contribution >= 4 is 5.91 Å². The van der Waals surface area contributed by atoms with E-state index in [0.717, 1.165) is 12.0 Å². The van der Waals surface area contributed by atoms with Crippen LogP contribution in [0.1, 0.15) is 25.3 Å². The van der Waals surface area contributed by atoms with Crippen molar-refractivity contribution in [3.63, 3.8) is 0 Å². The number of hydrogen-bond donors (Lipinski definition) is 2. The first-order chi connectivity index (χ1) is 7.63.